The number of nitrogens with zero attached hydrogens (tertiary/aromatic N) is 3. The van der Waals surface area contributed by atoms with Crippen molar-refractivity contribution in [2.45, 2.75) is 6.92 Å². The van der Waals surface area contributed by atoms with Gasteiger partial charge in [-0.3, -0.25) is 4.98 Å². The Kier molecular flexibility index (Phi) is 2.80. The molecule has 1 heterocycles. The van der Waals surface area contributed by atoms with Crippen LogP contribution in [0.5, 0.6) is 0 Å². The first-order chi connectivity index (χ1) is 5.68. The lowest BCUT2D eigenvalue weighted by atomic mass is 10.3. The van der Waals surface area contributed by atoms with E-state index >= 15 is 0 Å². The van der Waals surface area contributed by atoms with Crippen molar-refractivity contribution in [3.05, 3.63) is 29.6 Å². The number of pyridine rings is 1. The summed E-state index contributed by atoms with van der Waals surface area (Å²) in [6.07, 6.45) is 1.74. The maximum atomic E-state index is 4.27. The predicted molar refractivity (Wildman–Crippen MR) is 50.3 cm³/mol. The molecule has 0 N–H and O–H groups in total. The fraction of sp³-hybridized carbons (Fsp3) is 0.333. The lowest BCUT2D eigenvalue weighted by molar-refractivity contribution is 0.440. The average Bonchev–Trinajstić information content (AvgIpc) is 2.01. The van der Waals surface area contributed by atoms with E-state index in [0.29, 0.717) is 0 Å². The summed E-state index contributed by atoms with van der Waals surface area (Å²) in [6.45, 7) is 1.97. The van der Waals surface area contributed by atoms with E-state index in [-0.39, 0.29) is 0 Å². The molecule has 3 heteroatoms. The molecule has 0 fully saturated rings. The largest absolute Gasteiger partial charge is 0.303 e. The van der Waals surface area contributed by atoms with Crippen LogP contribution in [0.25, 0.3) is 0 Å². The fourth-order valence-electron chi connectivity index (χ4n) is 0.811. The van der Waals surface area contributed by atoms with Gasteiger partial charge in [0.15, 0.2) is 0 Å². The molecule has 0 unspecified atom stereocenters. The van der Waals surface area contributed by atoms with E-state index < -0.39 is 0 Å². The predicted octanol–water partition coefficient (Wildman–Crippen LogP) is 1.29. The van der Waals surface area contributed by atoms with E-state index in [9.17, 15) is 0 Å². The van der Waals surface area contributed by atoms with Crippen molar-refractivity contribution in [3.63, 3.8) is 0 Å². The molecular formula is C9H13N3. The molecule has 0 bridgehead atoms. The molecule has 0 amide bonds. The van der Waals surface area contributed by atoms with Crippen LogP contribution in [-0.4, -0.2) is 30.3 Å². The normalized spacial score (nSPS) is 10.6. The Morgan fingerprint density at radius 2 is 2.17 bits per heavy atom. The minimum atomic E-state index is 0.892. The number of hydrogen-bond donors (Lipinski definition) is 0. The van der Waals surface area contributed by atoms with E-state index in [1.54, 1.807) is 11.2 Å². The summed E-state index contributed by atoms with van der Waals surface area (Å²) in [5, 5.41) is 5.82. The molecule has 3 nitrogen and oxygen atoms in total. The molecule has 0 aliphatic heterocycles. The molecule has 0 saturated carbocycles. The van der Waals surface area contributed by atoms with Crippen LogP contribution < -0.4 is 0 Å². The molecule has 0 aromatic carbocycles. The van der Waals surface area contributed by atoms with Crippen molar-refractivity contribution in [2.75, 3.05) is 14.1 Å². The Bertz CT molecular complexity index is 279. The fourth-order valence-corrected chi connectivity index (χ4v) is 0.811. The number of hydrogen-bond acceptors (Lipinski definition) is 3. The molecule has 0 aliphatic carbocycles. The zero-order valence-electron chi connectivity index (χ0n) is 7.65. The van der Waals surface area contributed by atoms with Crippen LogP contribution in [0.1, 0.15) is 11.4 Å². The molecule has 1 rings (SSSR count). The number of hydrazone groups is 1. The SMILES string of the molecule is Cc1cccc(/C=N\N(C)C)n1. The first-order valence-electron chi connectivity index (χ1n) is 3.83. The van der Waals surface area contributed by atoms with Crippen molar-refractivity contribution in [1.82, 2.24) is 9.99 Å². The Hall–Kier alpha value is -1.38. The zero-order chi connectivity index (χ0) is 8.97. The highest BCUT2D eigenvalue weighted by Crippen LogP contribution is 1.94. The lowest BCUT2D eigenvalue weighted by Gasteiger charge is -2.01. The molecule has 0 spiro atoms. The Morgan fingerprint density at radius 3 is 2.75 bits per heavy atom. The van der Waals surface area contributed by atoms with Gasteiger partial charge in [0.05, 0.1) is 11.9 Å². The van der Waals surface area contributed by atoms with Gasteiger partial charge in [-0.2, -0.15) is 5.10 Å². The van der Waals surface area contributed by atoms with Gasteiger partial charge >= 0.3 is 0 Å². The summed E-state index contributed by atoms with van der Waals surface area (Å²) in [5.41, 5.74) is 1.90. The maximum absolute atomic E-state index is 4.27. The summed E-state index contributed by atoms with van der Waals surface area (Å²) < 4.78 is 0. The van der Waals surface area contributed by atoms with Crippen molar-refractivity contribution in [1.29, 1.82) is 0 Å². The maximum Gasteiger partial charge on any atom is 0.0833 e. The van der Waals surface area contributed by atoms with Gasteiger partial charge in [-0.25, -0.2) is 0 Å². The Labute approximate surface area is 72.7 Å². The molecule has 1 aromatic heterocycles. The van der Waals surface area contributed by atoms with Crippen molar-refractivity contribution in [2.24, 2.45) is 5.10 Å². The third kappa shape index (κ3) is 2.70. The summed E-state index contributed by atoms with van der Waals surface area (Å²) in [5.74, 6) is 0. The number of aromatic nitrogens is 1. The van der Waals surface area contributed by atoms with Crippen LogP contribution in [0.3, 0.4) is 0 Å². The molecule has 12 heavy (non-hydrogen) atoms. The van der Waals surface area contributed by atoms with Gasteiger partial charge in [0.2, 0.25) is 0 Å². The van der Waals surface area contributed by atoms with Crippen LogP contribution >= 0.6 is 0 Å². The highest BCUT2D eigenvalue weighted by molar-refractivity contribution is 5.76. The molecule has 0 radical (unpaired) electrons. The van der Waals surface area contributed by atoms with Crippen LogP contribution in [-0.2, 0) is 0 Å². The van der Waals surface area contributed by atoms with Crippen LogP contribution in [0.4, 0.5) is 0 Å². The summed E-state index contributed by atoms with van der Waals surface area (Å²) in [6, 6.07) is 5.87. The van der Waals surface area contributed by atoms with Gasteiger partial charge in [-0.1, -0.05) is 6.07 Å². The second kappa shape index (κ2) is 3.85. The van der Waals surface area contributed by atoms with Crippen molar-refractivity contribution < 1.29 is 0 Å². The third-order valence-electron chi connectivity index (χ3n) is 1.33. The third-order valence-corrected chi connectivity index (χ3v) is 1.33. The number of rotatable bonds is 2. The highest BCUT2D eigenvalue weighted by Gasteiger charge is 1.88. The highest BCUT2D eigenvalue weighted by atomic mass is 15.4. The first kappa shape index (κ1) is 8.71. The second-order valence-electron chi connectivity index (χ2n) is 2.80. The standard InChI is InChI=1S/C9H13N3/c1-8-5-4-6-9(11-8)7-10-12(2)3/h4-7H,1-3H3/b10-7-. The monoisotopic (exact) mass is 163 g/mol. The molecular weight excluding hydrogens is 150 g/mol. The van der Waals surface area contributed by atoms with E-state index in [4.69, 9.17) is 0 Å². The first-order valence-corrected chi connectivity index (χ1v) is 3.83. The van der Waals surface area contributed by atoms with Gasteiger partial charge in [0.25, 0.3) is 0 Å². The van der Waals surface area contributed by atoms with Crippen LogP contribution in [0.15, 0.2) is 23.3 Å². The van der Waals surface area contributed by atoms with Gasteiger partial charge in [0, 0.05) is 19.8 Å². The second-order valence-corrected chi connectivity index (χ2v) is 2.80. The Morgan fingerprint density at radius 1 is 1.42 bits per heavy atom. The van der Waals surface area contributed by atoms with Crippen molar-refractivity contribution >= 4 is 6.21 Å². The smallest absolute Gasteiger partial charge is 0.0833 e. The van der Waals surface area contributed by atoms with E-state index in [1.807, 2.05) is 39.2 Å². The summed E-state index contributed by atoms with van der Waals surface area (Å²) >= 11 is 0. The van der Waals surface area contributed by atoms with Gasteiger partial charge in [-0.05, 0) is 19.1 Å². The van der Waals surface area contributed by atoms with Crippen molar-refractivity contribution in [3.8, 4) is 0 Å². The Balaban J connectivity index is 2.76. The minimum Gasteiger partial charge on any atom is -0.303 e. The van der Waals surface area contributed by atoms with E-state index in [0.717, 1.165) is 11.4 Å². The topological polar surface area (TPSA) is 28.5 Å². The molecule has 0 saturated heterocycles. The molecule has 0 atom stereocenters. The van der Waals surface area contributed by atoms with E-state index in [1.165, 1.54) is 0 Å². The zero-order valence-corrected chi connectivity index (χ0v) is 7.65. The lowest BCUT2D eigenvalue weighted by Crippen LogP contribution is -2.02. The van der Waals surface area contributed by atoms with Crippen LogP contribution in [0.2, 0.25) is 0 Å². The molecule has 64 valence electrons. The van der Waals surface area contributed by atoms with Gasteiger partial charge in [0.1, 0.15) is 0 Å². The number of aryl methyl sites for hydroxylation is 1. The molecule has 0 aliphatic rings. The summed E-state index contributed by atoms with van der Waals surface area (Å²) in [7, 11) is 3.76. The van der Waals surface area contributed by atoms with Gasteiger partial charge in [-0.15, -0.1) is 0 Å². The molecule has 1 aromatic rings. The summed E-state index contributed by atoms with van der Waals surface area (Å²) in [4.78, 5) is 4.27. The quantitative estimate of drug-likeness (QED) is 0.485. The minimum absolute atomic E-state index is 0.892. The van der Waals surface area contributed by atoms with Gasteiger partial charge < -0.3 is 5.01 Å². The van der Waals surface area contributed by atoms with Crippen LogP contribution in [0, 0.1) is 6.92 Å². The van der Waals surface area contributed by atoms with E-state index in [2.05, 4.69) is 10.1 Å². The average molecular weight is 163 g/mol.